The molecule has 0 aliphatic heterocycles. The monoisotopic (exact) mass is 279 g/mol. The molecule has 0 saturated heterocycles. The normalized spacial score (nSPS) is 10.8. The topological polar surface area (TPSA) is 72.8 Å². The number of nitrogens with one attached hydrogen (secondary N) is 1. The van der Waals surface area contributed by atoms with E-state index < -0.39 is 0 Å². The van der Waals surface area contributed by atoms with Crippen LogP contribution in [0.1, 0.15) is 11.4 Å². The third-order valence-corrected chi connectivity index (χ3v) is 3.53. The van der Waals surface area contributed by atoms with E-state index in [2.05, 4.69) is 25.5 Å². The van der Waals surface area contributed by atoms with Crippen LogP contribution in [0.25, 0.3) is 10.6 Å². The highest BCUT2D eigenvalue weighted by atomic mass is 32.1. The molecule has 0 radical (unpaired) electrons. The molecule has 0 aromatic carbocycles. The Labute approximate surface area is 116 Å². The van der Waals surface area contributed by atoms with E-state index in [1.165, 1.54) is 6.33 Å². The van der Waals surface area contributed by atoms with Gasteiger partial charge in [-0.15, -0.1) is 10.2 Å². The Morgan fingerprint density at radius 2 is 2.05 bits per heavy atom. The maximum absolute atomic E-state index is 4.96. The Hall–Kier alpha value is -1.44. The van der Waals surface area contributed by atoms with Crippen LogP contribution in [0, 0.1) is 0 Å². The highest BCUT2D eigenvalue weighted by Crippen LogP contribution is 2.22. The molecule has 0 bridgehead atoms. The molecule has 0 aliphatic rings. The lowest BCUT2D eigenvalue weighted by atomic mass is 10.3. The number of nitrogens with zero attached hydrogens (tertiary/aromatic N) is 4. The Kier molecular flexibility index (Phi) is 5.80. The third kappa shape index (κ3) is 4.62. The Bertz CT molecular complexity index is 476. The van der Waals surface area contributed by atoms with Gasteiger partial charge in [0.15, 0.2) is 5.01 Å². The van der Waals surface area contributed by atoms with Gasteiger partial charge in [0, 0.05) is 38.0 Å². The van der Waals surface area contributed by atoms with Gasteiger partial charge in [-0.2, -0.15) is 0 Å². The molecular formula is C12H17N5OS. The number of methoxy groups -OCH3 is 1. The van der Waals surface area contributed by atoms with Crippen LogP contribution in [-0.4, -0.2) is 47.0 Å². The summed E-state index contributed by atoms with van der Waals surface area (Å²) in [5, 5.41) is 13.6. The quantitative estimate of drug-likeness (QED) is 0.731. The summed E-state index contributed by atoms with van der Waals surface area (Å²) in [6, 6.07) is 0. The second-order valence-corrected chi connectivity index (χ2v) is 5.04. The maximum atomic E-state index is 4.96. The fourth-order valence-electron chi connectivity index (χ4n) is 1.54. The van der Waals surface area contributed by atoms with E-state index in [0.717, 1.165) is 48.1 Å². The van der Waals surface area contributed by atoms with Crippen molar-refractivity contribution in [1.29, 1.82) is 0 Å². The summed E-state index contributed by atoms with van der Waals surface area (Å²) in [7, 11) is 1.71. The van der Waals surface area contributed by atoms with Crippen LogP contribution >= 0.6 is 11.3 Å². The SMILES string of the molecule is COCCNCCCc1nnc(-c2cncnc2)s1. The van der Waals surface area contributed by atoms with E-state index >= 15 is 0 Å². The first-order valence-electron chi connectivity index (χ1n) is 6.17. The van der Waals surface area contributed by atoms with Gasteiger partial charge in [0.2, 0.25) is 0 Å². The van der Waals surface area contributed by atoms with E-state index in [1.54, 1.807) is 30.8 Å². The van der Waals surface area contributed by atoms with Gasteiger partial charge < -0.3 is 10.1 Å². The van der Waals surface area contributed by atoms with Crippen molar-refractivity contribution in [2.24, 2.45) is 0 Å². The molecule has 0 spiro atoms. The second kappa shape index (κ2) is 7.88. The van der Waals surface area contributed by atoms with Crippen LogP contribution in [0.4, 0.5) is 0 Å². The fraction of sp³-hybridized carbons (Fsp3) is 0.500. The molecule has 6 nitrogen and oxygen atoms in total. The largest absolute Gasteiger partial charge is 0.383 e. The summed E-state index contributed by atoms with van der Waals surface area (Å²) in [4.78, 5) is 7.96. The summed E-state index contributed by atoms with van der Waals surface area (Å²) < 4.78 is 4.96. The number of aromatic nitrogens is 4. The van der Waals surface area contributed by atoms with Gasteiger partial charge in [-0.05, 0) is 13.0 Å². The summed E-state index contributed by atoms with van der Waals surface area (Å²) in [6.07, 6.45) is 7.00. The first kappa shape index (κ1) is 14.0. The summed E-state index contributed by atoms with van der Waals surface area (Å²) in [5.41, 5.74) is 0.921. The van der Waals surface area contributed by atoms with Crippen molar-refractivity contribution in [3.8, 4) is 10.6 Å². The zero-order chi connectivity index (χ0) is 13.3. The molecule has 0 amide bonds. The van der Waals surface area contributed by atoms with E-state index in [4.69, 9.17) is 4.74 Å². The average molecular weight is 279 g/mol. The minimum atomic E-state index is 0.747. The predicted octanol–water partition coefficient (Wildman–Crippen LogP) is 1.16. The van der Waals surface area contributed by atoms with Crippen molar-refractivity contribution in [1.82, 2.24) is 25.5 Å². The van der Waals surface area contributed by atoms with Crippen LogP contribution in [0.3, 0.4) is 0 Å². The molecule has 0 saturated carbocycles. The van der Waals surface area contributed by atoms with E-state index in [1.807, 2.05) is 0 Å². The molecule has 0 atom stereocenters. The molecule has 102 valence electrons. The molecule has 1 N–H and O–H groups in total. The molecule has 2 aromatic heterocycles. The molecule has 0 aliphatic carbocycles. The van der Waals surface area contributed by atoms with Gasteiger partial charge in [-0.3, -0.25) is 0 Å². The van der Waals surface area contributed by atoms with Gasteiger partial charge in [-0.25, -0.2) is 9.97 Å². The zero-order valence-electron chi connectivity index (χ0n) is 10.9. The van der Waals surface area contributed by atoms with Crippen molar-refractivity contribution < 1.29 is 4.74 Å². The minimum Gasteiger partial charge on any atom is -0.383 e. The fourth-order valence-corrected chi connectivity index (χ4v) is 2.40. The minimum absolute atomic E-state index is 0.747. The maximum Gasteiger partial charge on any atom is 0.150 e. The molecular weight excluding hydrogens is 262 g/mol. The molecule has 2 heterocycles. The number of aryl methyl sites for hydroxylation is 1. The number of rotatable bonds is 8. The lowest BCUT2D eigenvalue weighted by Gasteiger charge is -2.01. The van der Waals surface area contributed by atoms with Crippen molar-refractivity contribution in [3.63, 3.8) is 0 Å². The Morgan fingerprint density at radius 1 is 1.21 bits per heavy atom. The molecule has 2 rings (SSSR count). The van der Waals surface area contributed by atoms with Gasteiger partial charge in [0.05, 0.1) is 6.61 Å². The number of ether oxygens (including phenoxy) is 1. The summed E-state index contributed by atoms with van der Waals surface area (Å²) >= 11 is 1.60. The van der Waals surface area contributed by atoms with Crippen molar-refractivity contribution in [2.45, 2.75) is 12.8 Å². The highest BCUT2D eigenvalue weighted by Gasteiger charge is 2.06. The van der Waals surface area contributed by atoms with E-state index in [9.17, 15) is 0 Å². The van der Waals surface area contributed by atoms with Gasteiger partial charge in [0.1, 0.15) is 11.3 Å². The van der Waals surface area contributed by atoms with Crippen molar-refractivity contribution >= 4 is 11.3 Å². The summed E-state index contributed by atoms with van der Waals surface area (Å²) in [5.74, 6) is 0. The zero-order valence-corrected chi connectivity index (χ0v) is 11.7. The molecule has 0 fully saturated rings. The third-order valence-electron chi connectivity index (χ3n) is 2.50. The van der Waals surface area contributed by atoms with Crippen LogP contribution in [0.5, 0.6) is 0 Å². The first-order chi connectivity index (χ1) is 9.40. The standard InChI is InChI=1S/C12H17N5OS/c1-18-6-5-13-4-2-3-11-16-17-12(19-11)10-7-14-9-15-8-10/h7-9,13H,2-6H2,1H3. The molecule has 0 unspecified atom stereocenters. The van der Waals surface area contributed by atoms with Gasteiger partial charge >= 0.3 is 0 Å². The Balaban J connectivity index is 1.75. The van der Waals surface area contributed by atoms with E-state index in [0.29, 0.717) is 0 Å². The summed E-state index contributed by atoms with van der Waals surface area (Å²) in [6.45, 7) is 2.60. The van der Waals surface area contributed by atoms with Crippen LogP contribution in [0.2, 0.25) is 0 Å². The Morgan fingerprint density at radius 3 is 2.84 bits per heavy atom. The van der Waals surface area contributed by atoms with Crippen molar-refractivity contribution in [2.75, 3.05) is 26.8 Å². The average Bonchev–Trinajstić information content (AvgIpc) is 2.92. The lowest BCUT2D eigenvalue weighted by molar-refractivity contribution is 0.199. The van der Waals surface area contributed by atoms with E-state index in [-0.39, 0.29) is 0 Å². The molecule has 19 heavy (non-hydrogen) atoms. The lowest BCUT2D eigenvalue weighted by Crippen LogP contribution is -2.20. The first-order valence-corrected chi connectivity index (χ1v) is 6.99. The number of hydrogen-bond acceptors (Lipinski definition) is 7. The van der Waals surface area contributed by atoms with Crippen LogP contribution < -0.4 is 5.32 Å². The smallest absolute Gasteiger partial charge is 0.150 e. The highest BCUT2D eigenvalue weighted by molar-refractivity contribution is 7.14. The van der Waals surface area contributed by atoms with Gasteiger partial charge in [-0.1, -0.05) is 11.3 Å². The predicted molar refractivity (Wildman–Crippen MR) is 74.0 cm³/mol. The molecule has 7 heteroatoms. The second-order valence-electron chi connectivity index (χ2n) is 3.97. The van der Waals surface area contributed by atoms with Gasteiger partial charge in [0.25, 0.3) is 0 Å². The number of hydrogen-bond donors (Lipinski definition) is 1. The van der Waals surface area contributed by atoms with Crippen LogP contribution in [-0.2, 0) is 11.2 Å². The molecule has 2 aromatic rings. The van der Waals surface area contributed by atoms with Crippen LogP contribution in [0.15, 0.2) is 18.7 Å². The van der Waals surface area contributed by atoms with Crippen molar-refractivity contribution in [3.05, 3.63) is 23.7 Å².